The molecular formula is C18H17NO3. The van der Waals surface area contributed by atoms with E-state index in [9.17, 15) is 9.59 Å². The summed E-state index contributed by atoms with van der Waals surface area (Å²) in [5.41, 5.74) is 2.75. The SMILES string of the molecule is CC(=O)Oc1ccc(C(=O)N2c3ccccc3CC2C)cc1. The fourth-order valence-corrected chi connectivity index (χ4v) is 2.85. The molecule has 1 aliphatic heterocycles. The van der Waals surface area contributed by atoms with Crippen molar-refractivity contribution in [3.05, 3.63) is 59.7 Å². The van der Waals surface area contributed by atoms with Crippen LogP contribution in [0.25, 0.3) is 0 Å². The van der Waals surface area contributed by atoms with Gasteiger partial charge in [-0.05, 0) is 49.2 Å². The van der Waals surface area contributed by atoms with Gasteiger partial charge in [-0.3, -0.25) is 9.59 Å². The fraction of sp³-hybridized carbons (Fsp3) is 0.222. The minimum Gasteiger partial charge on any atom is -0.427 e. The van der Waals surface area contributed by atoms with Crippen LogP contribution in [0.3, 0.4) is 0 Å². The number of fused-ring (bicyclic) bond motifs is 1. The molecule has 0 bridgehead atoms. The van der Waals surface area contributed by atoms with E-state index in [0.29, 0.717) is 11.3 Å². The summed E-state index contributed by atoms with van der Waals surface area (Å²) < 4.78 is 4.99. The summed E-state index contributed by atoms with van der Waals surface area (Å²) in [6.45, 7) is 3.40. The Hall–Kier alpha value is -2.62. The van der Waals surface area contributed by atoms with E-state index < -0.39 is 0 Å². The number of ether oxygens (including phenoxy) is 1. The molecular weight excluding hydrogens is 278 g/mol. The molecule has 4 nitrogen and oxygen atoms in total. The molecule has 0 aliphatic carbocycles. The van der Waals surface area contributed by atoms with Gasteiger partial charge in [-0.15, -0.1) is 0 Å². The van der Waals surface area contributed by atoms with Gasteiger partial charge < -0.3 is 9.64 Å². The average molecular weight is 295 g/mol. The second-order valence-electron chi connectivity index (χ2n) is 5.48. The Morgan fingerprint density at radius 1 is 1.09 bits per heavy atom. The largest absolute Gasteiger partial charge is 0.427 e. The molecule has 22 heavy (non-hydrogen) atoms. The number of hydrogen-bond acceptors (Lipinski definition) is 3. The molecule has 3 rings (SSSR count). The molecule has 2 aromatic rings. The molecule has 0 saturated carbocycles. The van der Waals surface area contributed by atoms with Gasteiger partial charge in [0.05, 0.1) is 0 Å². The summed E-state index contributed by atoms with van der Waals surface area (Å²) in [5, 5.41) is 0. The van der Waals surface area contributed by atoms with Crippen LogP contribution in [0.15, 0.2) is 48.5 Å². The van der Waals surface area contributed by atoms with Crippen molar-refractivity contribution >= 4 is 17.6 Å². The van der Waals surface area contributed by atoms with Gasteiger partial charge in [0, 0.05) is 24.2 Å². The number of hydrogen-bond donors (Lipinski definition) is 0. The van der Waals surface area contributed by atoms with Gasteiger partial charge in [-0.2, -0.15) is 0 Å². The summed E-state index contributed by atoms with van der Waals surface area (Å²) in [4.78, 5) is 25.5. The Morgan fingerprint density at radius 2 is 1.77 bits per heavy atom. The monoisotopic (exact) mass is 295 g/mol. The van der Waals surface area contributed by atoms with Crippen molar-refractivity contribution in [2.75, 3.05) is 4.90 Å². The first kappa shape index (κ1) is 14.3. The molecule has 1 aliphatic rings. The van der Waals surface area contributed by atoms with Gasteiger partial charge in [0.1, 0.15) is 5.75 Å². The Labute approximate surface area is 129 Å². The van der Waals surface area contributed by atoms with Gasteiger partial charge in [0.15, 0.2) is 0 Å². The third-order valence-electron chi connectivity index (χ3n) is 3.79. The maximum atomic E-state index is 12.8. The second-order valence-corrected chi connectivity index (χ2v) is 5.48. The maximum Gasteiger partial charge on any atom is 0.308 e. The molecule has 0 N–H and O–H groups in total. The summed E-state index contributed by atoms with van der Waals surface area (Å²) in [6.07, 6.45) is 0.868. The number of carbonyl (C=O) groups is 2. The van der Waals surface area contributed by atoms with E-state index in [1.165, 1.54) is 12.5 Å². The summed E-state index contributed by atoms with van der Waals surface area (Å²) in [7, 11) is 0. The summed E-state index contributed by atoms with van der Waals surface area (Å²) >= 11 is 0. The maximum absolute atomic E-state index is 12.8. The Bertz CT molecular complexity index is 721. The van der Waals surface area contributed by atoms with Crippen molar-refractivity contribution in [1.29, 1.82) is 0 Å². The summed E-state index contributed by atoms with van der Waals surface area (Å²) in [6, 6.07) is 14.8. The Kier molecular flexibility index (Phi) is 3.67. The number of para-hydroxylation sites is 1. The molecule has 1 unspecified atom stereocenters. The molecule has 1 heterocycles. The molecule has 0 aromatic heterocycles. The first-order valence-corrected chi connectivity index (χ1v) is 7.26. The number of benzene rings is 2. The minimum absolute atomic E-state index is 0.0353. The normalized spacial score (nSPS) is 16.3. The van der Waals surface area contributed by atoms with Crippen molar-refractivity contribution in [3.8, 4) is 5.75 Å². The standard InChI is InChI=1S/C18H17NO3/c1-12-11-15-5-3-4-6-17(15)19(12)18(21)14-7-9-16(10-8-14)22-13(2)20/h3-10,12H,11H2,1-2H3. The van der Waals surface area contributed by atoms with Gasteiger partial charge >= 0.3 is 5.97 Å². The lowest BCUT2D eigenvalue weighted by molar-refractivity contribution is -0.131. The lowest BCUT2D eigenvalue weighted by atomic mass is 10.1. The Balaban J connectivity index is 1.86. The van der Waals surface area contributed by atoms with Crippen LogP contribution in [0.5, 0.6) is 5.75 Å². The molecule has 0 saturated heterocycles. The lowest BCUT2D eigenvalue weighted by Crippen LogP contribution is -2.35. The van der Waals surface area contributed by atoms with Gasteiger partial charge in [0.25, 0.3) is 5.91 Å². The molecule has 1 atom stereocenters. The Morgan fingerprint density at radius 3 is 2.45 bits per heavy atom. The van der Waals surface area contributed by atoms with Crippen LogP contribution < -0.4 is 9.64 Å². The number of nitrogens with zero attached hydrogens (tertiary/aromatic N) is 1. The fourth-order valence-electron chi connectivity index (χ4n) is 2.85. The van der Waals surface area contributed by atoms with Crippen molar-refractivity contribution in [3.63, 3.8) is 0 Å². The number of amides is 1. The van der Waals surface area contributed by atoms with E-state index in [-0.39, 0.29) is 17.9 Å². The van der Waals surface area contributed by atoms with Crippen molar-refractivity contribution < 1.29 is 14.3 Å². The number of esters is 1. The average Bonchev–Trinajstić information content (AvgIpc) is 2.82. The highest BCUT2D eigenvalue weighted by atomic mass is 16.5. The first-order valence-electron chi connectivity index (χ1n) is 7.26. The minimum atomic E-state index is -0.374. The van der Waals surface area contributed by atoms with Crippen LogP contribution >= 0.6 is 0 Å². The van der Waals surface area contributed by atoms with Crippen LogP contribution in [0.4, 0.5) is 5.69 Å². The zero-order valence-corrected chi connectivity index (χ0v) is 12.6. The van der Waals surface area contributed by atoms with Gasteiger partial charge in [0.2, 0.25) is 0 Å². The van der Waals surface area contributed by atoms with Crippen LogP contribution in [-0.2, 0) is 11.2 Å². The zero-order chi connectivity index (χ0) is 15.7. The molecule has 112 valence electrons. The van der Waals surface area contributed by atoms with E-state index in [1.807, 2.05) is 30.0 Å². The number of rotatable bonds is 2. The van der Waals surface area contributed by atoms with E-state index in [4.69, 9.17) is 4.74 Å². The number of anilines is 1. The van der Waals surface area contributed by atoms with Crippen molar-refractivity contribution in [2.24, 2.45) is 0 Å². The highest BCUT2D eigenvalue weighted by molar-refractivity contribution is 6.07. The molecule has 4 heteroatoms. The first-order chi connectivity index (χ1) is 10.6. The smallest absolute Gasteiger partial charge is 0.308 e. The highest BCUT2D eigenvalue weighted by Gasteiger charge is 2.31. The van der Waals surface area contributed by atoms with Gasteiger partial charge in [-0.1, -0.05) is 18.2 Å². The number of carbonyl (C=O) groups excluding carboxylic acids is 2. The van der Waals surface area contributed by atoms with E-state index >= 15 is 0 Å². The van der Waals surface area contributed by atoms with Crippen LogP contribution in [0.1, 0.15) is 29.8 Å². The van der Waals surface area contributed by atoms with Crippen LogP contribution in [0, 0.1) is 0 Å². The lowest BCUT2D eigenvalue weighted by Gasteiger charge is -2.22. The van der Waals surface area contributed by atoms with Gasteiger partial charge in [-0.25, -0.2) is 0 Å². The molecule has 1 amide bonds. The van der Waals surface area contributed by atoms with Crippen molar-refractivity contribution in [1.82, 2.24) is 0 Å². The topological polar surface area (TPSA) is 46.6 Å². The molecule has 0 spiro atoms. The van der Waals surface area contributed by atoms with Crippen LogP contribution in [0.2, 0.25) is 0 Å². The van der Waals surface area contributed by atoms with E-state index in [1.54, 1.807) is 24.3 Å². The van der Waals surface area contributed by atoms with E-state index in [2.05, 4.69) is 6.07 Å². The quantitative estimate of drug-likeness (QED) is 0.631. The van der Waals surface area contributed by atoms with E-state index in [0.717, 1.165) is 12.1 Å². The zero-order valence-electron chi connectivity index (χ0n) is 12.6. The summed E-state index contributed by atoms with van der Waals surface area (Å²) in [5.74, 6) is 0.0342. The third kappa shape index (κ3) is 2.60. The molecule has 0 fully saturated rings. The van der Waals surface area contributed by atoms with Crippen molar-refractivity contribution in [2.45, 2.75) is 26.3 Å². The van der Waals surface area contributed by atoms with Crippen LogP contribution in [-0.4, -0.2) is 17.9 Å². The predicted octanol–water partition coefficient (Wildman–Crippen LogP) is 3.20. The predicted molar refractivity (Wildman–Crippen MR) is 84.2 cm³/mol. The second kappa shape index (κ2) is 5.64. The molecule has 2 aromatic carbocycles. The highest BCUT2D eigenvalue weighted by Crippen LogP contribution is 2.33. The third-order valence-corrected chi connectivity index (χ3v) is 3.79. The molecule has 0 radical (unpaired) electrons.